The molecular weight excluding hydrogens is 230 g/mol. The summed E-state index contributed by atoms with van der Waals surface area (Å²) in [7, 11) is 0. The van der Waals surface area contributed by atoms with E-state index in [9.17, 15) is 0 Å². The molecule has 0 aliphatic rings. The average Bonchev–Trinajstić information content (AvgIpc) is 3.00. The van der Waals surface area contributed by atoms with Crippen LogP contribution in [0.4, 0.5) is 11.4 Å². The normalized spacial score (nSPS) is 10.4. The number of hydrogen-bond acceptors (Lipinski definition) is 3. The second-order valence-electron chi connectivity index (χ2n) is 3.62. The maximum absolute atomic E-state index is 4.32. The standard InChI is InChI=1S/C13H11N3S/c1-2-5-11(6-3-1)15-12-9-14-16(10-12)13-7-4-8-17-13/h1-10,15H. The summed E-state index contributed by atoms with van der Waals surface area (Å²) in [6, 6.07) is 14.1. The van der Waals surface area contributed by atoms with E-state index in [0.717, 1.165) is 16.4 Å². The van der Waals surface area contributed by atoms with Gasteiger partial charge >= 0.3 is 0 Å². The first-order chi connectivity index (χ1) is 8.42. The Kier molecular flexibility index (Phi) is 2.63. The summed E-state index contributed by atoms with van der Waals surface area (Å²) < 4.78 is 1.87. The molecule has 3 rings (SSSR count). The van der Waals surface area contributed by atoms with E-state index in [1.165, 1.54) is 0 Å². The number of aromatic nitrogens is 2. The van der Waals surface area contributed by atoms with Crippen molar-refractivity contribution in [2.24, 2.45) is 0 Å². The van der Waals surface area contributed by atoms with Gasteiger partial charge in [-0.2, -0.15) is 5.10 Å². The molecule has 0 aliphatic heterocycles. The third-order valence-corrected chi connectivity index (χ3v) is 3.23. The van der Waals surface area contributed by atoms with Gasteiger partial charge in [0.25, 0.3) is 0 Å². The Balaban J connectivity index is 1.82. The molecule has 4 heteroatoms. The van der Waals surface area contributed by atoms with Gasteiger partial charge in [0.1, 0.15) is 5.00 Å². The number of benzene rings is 1. The van der Waals surface area contributed by atoms with Crippen LogP contribution in [0.2, 0.25) is 0 Å². The van der Waals surface area contributed by atoms with Crippen molar-refractivity contribution in [2.75, 3.05) is 5.32 Å². The zero-order valence-corrected chi connectivity index (χ0v) is 9.89. The highest BCUT2D eigenvalue weighted by atomic mass is 32.1. The zero-order valence-electron chi connectivity index (χ0n) is 9.08. The van der Waals surface area contributed by atoms with E-state index in [1.54, 1.807) is 11.3 Å². The van der Waals surface area contributed by atoms with Crippen molar-refractivity contribution >= 4 is 22.7 Å². The van der Waals surface area contributed by atoms with Crippen LogP contribution in [0.15, 0.2) is 60.2 Å². The van der Waals surface area contributed by atoms with Crippen LogP contribution in [0.1, 0.15) is 0 Å². The van der Waals surface area contributed by atoms with Gasteiger partial charge in [-0.25, -0.2) is 4.68 Å². The van der Waals surface area contributed by atoms with E-state index in [2.05, 4.69) is 10.4 Å². The number of hydrogen-bond donors (Lipinski definition) is 1. The third kappa shape index (κ3) is 2.21. The molecule has 1 N–H and O–H groups in total. The number of thiophene rings is 1. The Morgan fingerprint density at radius 3 is 2.65 bits per heavy atom. The molecule has 0 bridgehead atoms. The molecule has 1 aromatic carbocycles. The van der Waals surface area contributed by atoms with Gasteiger partial charge in [-0.1, -0.05) is 18.2 Å². The SMILES string of the molecule is c1ccc(Nc2cnn(-c3cccs3)c2)cc1. The molecule has 3 aromatic rings. The van der Waals surface area contributed by atoms with Crippen molar-refractivity contribution in [3.63, 3.8) is 0 Å². The number of nitrogens with one attached hydrogen (secondary N) is 1. The van der Waals surface area contributed by atoms with Crippen molar-refractivity contribution < 1.29 is 0 Å². The first kappa shape index (κ1) is 10.1. The quantitative estimate of drug-likeness (QED) is 0.758. The van der Waals surface area contributed by atoms with E-state index in [0.29, 0.717) is 0 Å². The minimum atomic E-state index is 0.990. The summed E-state index contributed by atoms with van der Waals surface area (Å²) in [5.41, 5.74) is 2.06. The van der Waals surface area contributed by atoms with Gasteiger partial charge in [0.2, 0.25) is 0 Å². The van der Waals surface area contributed by atoms with Crippen molar-refractivity contribution in [1.29, 1.82) is 0 Å². The average molecular weight is 241 g/mol. The minimum absolute atomic E-state index is 0.990. The molecule has 0 amide bonds. The minimum Gasteiger partial charge on any atom is -0.353 e. The second kappa shape index (κ2) is 4.43. The van der Waals surface area contributed by atoms with Crippen LogP contribution in [0.5, 0.6) is 0 Å². The molecule has 2 aromatic heterocycles. The first-order valence-electron chi connectivity index (χ1n) is 5.32. The molecule has 2 heterocycles. The monoisotopic (exact) mass is 241 g/mol. The molecule has 0 saturated carbocycles. The van der Waals surface area contributed by atoms with Gasteiger partial charge in [-0.15, -0.1) is 11.3 Å². The maximum Gasteiger partial charge on any atom is 0.117 e. The summed E-state index contributed by atoms with van der Waals surface area (Å²) in [6.07, 6.45) is 3.81. The van der Waals surface area contributed by atoms with Crippen LogP contribution in [0.25, 0.3) is 5.00 Å². The predicted octanol–water partition coefficient (Wildman–Crippen LogP) is 3.68. The van der Waals surface area contributed by atoms with E-state index < -0.39 is 0 Å². The fourth-order valence-corrected chi connectivity index (χ4v) is 2.26. The largest absolute Gasteiger partial charge is 0.353 e. The van der Waals surface area contributed by atoms with Gasteiger partial charge in [0, 0.05) is 5.69 Å². The molecule has 0 saturated heterocycles. The molecule has 0 aliphatic carbocycles. The van der Waals surface area contributed by atoms with Crippen LogP contribution < -0.4 is 5.32 Å². The number of nitrogens with zero attached hydrogens (tertiary/aromatic N) is 2. The highest BCUT2D eigenvalue weighted by Gasteiger charge is 2.01. The van der Waals surface area contributed by atoms with Crippen LogP contribution in [0, 0.1) is 0 Å². The summed E-state index contributed by atoms with van der Waals surface area (Å²) in [6.45, 7) is 0. The van der Waals surface area contributed by atoms with Crippen molar-refractivity contribution in [1.82, 2.24) is 9.78 Å². The van der Waals surface area contributed by atoms with Gasteiger partial charge in [-0.3, -0.25) is 0 Å². The molecular formula is C13H11N3S. The molecule has 17 heavy (non-hydrogen) atoms. The molecule has 0 radical (unpaired) electrons. The molecule has 84 valence electrons. The highest BCUT2D eigenvalue weighted by Crippen LogP contribution is 2.19. The first-order valence-corrected chi connectivity index (χ1v) is 6.20. The predicted molar refractivity (Wildman–Crippen MR) is 71.2 cm³/mol. The lowest BCUT2D eigenvalue weighted by Crippen LogP contribution is -1.90. The molecule has 0 spiro atoms. The lowest BCUT2D eigenvalue weighted by atomic mass is 10.3. The number of rotatable bonds is 3. The summed E-state index contributed by atoms with van der Waals surface area (Å²) in [5.74, 6) is 0. The lowest BCUT2D eigenvalue weighted by molar-refractivity contribution is 0.898. The van der Waals surface area contributed by atoms with Crippen LogP contribution in [-0.4, -0.2) is 9.78 Å². The zero-order chi connectivity index (χ0) is 11.5. The topological polar surface area (TPSA) is 29.9 Å². The molecule has 3 nitrogen and oxygen atoms in total. The van der Waals surface area contributed by atoms with E-state index in [4.69, 9.17) is 0 Å². The highest BCUT2D eigenvalue weighted by molar-refractivity contribution is 7.12. The molecule has 0 atom stereocenters. The fraction of sp³-hybridized carbons (Fsp3) is 0. The van der Waals surface area contributed by atoms with Crippen LogP contribution in [-0.2, 0) is 0 Å². The Labute approximate surface area is 103 Å². The number of anilines is 2. The summed E-state index contributed by atoms with van der Waals surface area (Å²) in [4.78, 5) is 0. The van der Waals surface area contributed by atoms with Crippen molar-refractivity contribution in [2.45, 2.75) is 0 Å². The van der Waals surface area contributed by atoms with Gasteiger partial charge < -0.3 is 5.32 Å². The fourth-order valence-electron chi connectivity index (χ4n) is 1.60. The summed E-state index contributed by atoms with van der Waals surface area (Å²) in [5, 5.41) is 10.8. The third-order valence-electron chi connectivity index (χ3n) is 2.38. The van der Waals surface area contributed by atoms with Crippen LogP contribution >= 0.6 is 11.3 Å². The van der Waals surface area contributed by atoms with Crippen molar-refractivity contribution in [3.05, 3.63) is 60.2 Å². The smallest absolute Gasteiger partial charge is 0.117 e. The Bertz CT molecular complexity index is 584. The molecule has 0 fully saturated rings. The van der Waals surface area contributed by atoms with E-state index in [-0.39, 0.29) is 0 Å². The van der Waals surface area contributed by atoms with Crippen molar-refractivity contribution in [3.8, 4) is 5.00 Å². The van der Waals surface area contributed by atoms with E-state index in [1.807, 2.05) is 64.9 Å². The second-order valence-corrected chi connectivity index (χ2v) is 4.54. The Morgan fingerprint density at radius 1 is 1.00 bits per heavy atom. The van der Waals surface area contributed by atoms with E-state index >= 15 is 0 Å². The maximum atomic E-state index is 4.32. The van der Waals surface area contributed by atoms with Gasteiger partial charge in [0.05, 0.1) is 18.1 Å². The Hall–Kier alpha value is -2.07. The van der Waals surface area contributed by atoms with Gasteiger partial charge in [0.15, 0.2) is 0 Å². The van der Waals surface area contributed by atoms with Crippen LogP contribution in [0.3, 0.4) is 0 Å². The summed E-state index contributed by atoms with van der Waals surface area (Å²) >= 11 is 1.67. The molecule has 0 unspecified atom stereocenters. The van der Waals surface area contributed by atoms with Gasteiger partial charge in [-0.05, 0) is 29.6 Å². The lowest BCUT2D eigenvalue weighted by Gasteiger charge is -2.01. The number of para-hydroxylation sites is 1. The Morgan fingerprint density at radius 2 is 1.88 bits per heavy atom.